The van der Waals surface area contributed by atoms with Crippen molar-refractivity contribution >= 4 is 38.4 Å². The fourth-order valence-corrected chi connectivity index (χ4v) is 2.23. The molecule has 0 aliphatic heterocycles. The lowest BCUT2D eigenvalue weighted by Crippen LogP contribution is -2.01. The van der Waals surface area contributed by atoms with Crippen LogP contribution in [0.15, 0.2) is 46.7 Å². The summed E-state index contributed by atoms with van der Waals surface area (Å²) in [5.74, 6) is 0. The normalized spacial score (nSPS) is 10.5. The molecule has 0 aliphatic rings. The van der Waals surface area contributed by atoms with Crippen LogP contribution in [0, 0.1) is 20.2 Å². The van der Waals surface area contributed by atoms with Crippen molar-refractivity contribution in [1.82, 2.24) is 9.97 Å². The highest BCUT2D eigenvalue weighted by molar-refractivity contribution is 7.86. The van der Waals surface area contributed by atoms with Crippen LogP contribution in [0.3, 0.4) is 0 Å². The highest BCUT2D eigenvalue weighted by atomic mass is 32.2. The second-order valence-electron chi connectivity index (χ2n) is 4.17. The van der Waals surface area contributed by atoms with E-state index in [2.05, 4.69) is 9.97 Å². The molecule has 0 fully saturated rings. The van der Waals surface area contributed by atoms with E-state index in [-0.39, 0.29) is 0 Å². The predicted octanol–water partition coefficient (Wildman–Crippen LogP) is 0.288. The number of hydrogen-bond donors (Lipinski definition) is 2. The summed E-state index contributed by atoms with van der Waals surface area (Å²) >= 11 is 0. The summed E-state index contributed by atoms with van der Waals surface area (Å²) in [5, 5.41) is 18.9. The van der Waals surface area contributed by atoms with E-state index in [0.29, 0.717) is 12.1 Å². The molecule has 28 heavy (non-hydrogen) atoms. The van der Waals surface area contributed by atoms with E-state index >= 15 is 0 Å². The number of rotatable bonds is 4. The quantitative estimate of drug-likeness (QED) is 0.371. The second-order valence-corrected chi connectivity index (χ2v) is 6.91. The van der Waals surface area contributed by atoms with E-state index in [0.717, 1.165) is 24.5 Å². The SMILES string of the molecule is C=O.O=[N+]([O-])c1ccnc(S(=O)(=O)O)c1.O=[N+]([O-])c1ccnc(S(=O)(=O)O)c1. The van der Waals surface area contributed by atoms with Gasteiger partial charge in [0.15, 0.2) is 10.1 Å². The maximum Gasteiger partial charge on any atom is 0.312 e. The first-order valence-corrected chi connectivity index (χ1v) is 9.15. The van der Waals surface area contributed by atoms with E-state index in [4.69, 9.17) is 13.9 Å². The van der Waals surface area contributed by atoms with Crippen LogP contribution in [0.2, 0.25) is 0 Å². The van der Waals surface area contributed by atoms with Gasteiger partial charge in [-0.2, -0.15) is 16.8 Å². The molecule has 0 unspecified atom stereocenters. The maximum absolute atomic E-state index is 10.5. The van der Waals surface area contributed by atoms with Crippen molar-refractivity contribution in [2.24, 2.45) is 0 Å². The standard InChI is InChI=1S/2C5H4N2O5S.CH2O/c2*8-7(9)4-1-2-6-5(3-4)13(10,11)12;1-2/h2*1-3H,(H,10,11,12);1H2. The lowest BCUT2D eigenvalue weighted by atomic mass is 10.4. The van der Waals surface area contributed by atoms with E-state index in [1.165, 1.54) is 0 Å². The Morgan fingerprint density at radius 3 is 1.29 bits per heavy atom. The number of nitrogens with zero attached hydrogens (tertiary/aromatic N) is 4. The molecular formula is C11H10N4O11S2. The molecular weight excluding hydrogens is 428 g/mol. The molecule has 2 N–H and O–H groups in total. The van der Waals surface area contributed by atoms with Gasteiger partial charge in [0.05, 0.1) is 22.0 Å². The van der Waals surface area contributed by atoms with Gasteiger partial charge in [0.2, 0.25) is 0 Å². The Hall–Kier alpha value is -3.41. The topological polar surface area (TPSA) is 238 Å². The molecule has 2 aromatic heterocycles. The molecule has 0 radical (unpaired) electrons. The third kappa shape index (κ3) is 7.86. The number of nitro groups is 2. The van der Waals surface area contributed by atoms with Crippen molar-refractivity contribution in [2.75, 3.05) is 0 Å². The second kappa shape index (κ2) is 10.1. The Bertz CT molecular complexity index is 984. The van der Waals surface area contributed by atoms with Crippen molar-refractivity contribution in [3.8, 4) is 0 Å². The van der Waals surface area contributed by atoms with Crippen LogP contribution in [0.4, 0.5) is 11.4 Å². The molecule has 2 heterocycles. The van der Waals surface area contributed by atoms with Crippen LogP contribution in [-0.2, 0) is 25.0 Å². The number of pyridine rings is 2. The fourth-order valence-electron chi connectivity index (χ4n) is 1.31. The highest BCUT2D eigenvalue weighted by Gasteiger charge is 2.16. The van der Waals surface area contributed by atoms with Crippen molar-refractivity contribution in [3.05, 3.63) is 56.9 Å². The Labute approximate surface area is 156 Å². The van der Waals surface area contributed by atoms with Gasteiger partial charge in [0, 0.05) is 24.5 Å². The number of aromatic nitrogens is 2. The summed E-state index contributed by atoms with van der Waals surface area (Å²) in [7, 11) is -8.95. The number of carbonyl (C=O) groups excluding carboxylic acids is 1. The first-order valence-electron chi connectivity index (χ1n) is 6.27. The predicted molar refractivity (Wildman–Crippen MR) is 88.5 cm³/mol. The zero-order chi connectivity index (χ0) is 22.1. The molecule has 0 saturated heterocycles. The van der Waals surface area contributed by atoms with Crippen LogP contribution >= 0.6 is 0 Å². The van der Waals surface area contributed by atoms with Gasteiger partial charge in [-0.05, 0) is 0 Å². The third-order valence-electron chi connectivity index (χ3n) is 2.39. The zero-order valence-electron chi connectivity index (χ0n) is 13.3. The molecule has 0 aliphatic carbocycles. The minimum Gasteiger partial charge on any atom is -0.307 e. The summed E-state index contributed by atoms with van der Waals surface area (Å²) in [6, 6.07) is 3.40. The van der Waals surface area contributed by atoms with Gasteiger partial charge in [-0.25, -0.2) is 9.97 Å². The molecule has 152 valence electrons. The van der Waals surface area contributed by atoms with Crippen LogP contribution in [0.25, 0.3) is 0 Å². The Balaban J connectivity index is 0.000000478. The maximum atomic E-state index is 10.5. The van der Waals surface area contributed by atoms with Gasteiger partial charge in [-0.15, -0.1) is 0 Å². The first kappa shape index (κ1) is 24.6. The van der Waals surface area contributed by atoms with E-state index in [1.54, 1.807) is 0 Å². The van der Waals surface area contributed by atoms with Crippen LogP contribution in [0.1, 0.15) is 0 Å². The summed E-state index contributed by atoms with van der Waals surface area (Å²) in [6.07, 6.45) is 1.86. The molecule has 0 saturated carbocycles. The fraction of sp³-hybridized carbons (Fsp3) is 0. The van der Waals surface area contributed by atoms with E-state index in [9.17, 15) is 37.1 Å². The molecule has 17 heteroatoms. The van der Waals surface area contributed by atoms with E-state index < -0.39 is 51.5 Å². The highest BCUT2D eigenvalue weighted by Crippen LogP contribution is 2.14. The molecule has 0 aromatic carbocycles. The zero-order valence-corrected chi connectivity index (χ0v) is 15.0. The van der Waals surface area contributed by atoms with Gasteiger partial charge >= 0.3 is 20.2 Å². The van der Waals surface area contributed by atoms with Gasteiger partial charge in [-0.3, -0.25) is 29.3 Å². The van der Waals surface area contributed by atoms with Crippen molar-refractivity contribution < 1.29 is 40.6 Å². The van der Waals surface area contributed by atoms with Crippen LogP contribution < -0.4 is 0 Å². The van der Waals surface area contributed by atoms with Gasteiger partial charge in [0.1, 0.15) is 6.79 Å². The van der Waals surface area contributed by atoms with Gasteiger partial charge < -0.3 is 4.79 Å². The first-order chi connectivity index (χ1) is 12.8. The minimum atomic E-state index is -4.47. The molecule has 2 rings (SSSR count). The van der Waals surface area contributed by atoms with Gasteiger partial charge in [-0.1, -0.05) is 0 Å². The monoisotopic (exact) mass is 438 g/mol. The minimum absolute atomic E-state index is 0.442. The Kier molecular flexibility index (Phi) is 8.84. The third-order valence-corrected chi connectivity index (χ3v) is 3.89. The van der Waals surface area contributed by atoms with Crippen molar-refractivity contribution in [2.45, 2.75) is 10.1 Å². The number of hydrogen-bond acceptors (Lipinski definition) is 11. The molecule has 2 aromatic rings. The summed E-state index contributed by atoms with van der Waals surface area (Å²) in [6.45, 7) is 2.00. The lowest BCUT2D eigenvalue weighted by Gasteiger charge is -1.94. The van der Waals surface area contributed by atoms with E-state index in [1.807, 2.05) is 6.79 Å². The molecule has 0 spiro atoms. The summed E-state index contributed by atoms with van der Waals surface area (Å²) in [5.41, 5.74) is -0.884. The van der Waals surface area contributed by atoms with Crippen LogP contribution in [-0.4, -0.2) is 52.5 Å². The Morgan fingerprint density at radius 2 is 1.07 bits per heavy atom. The average molecular weight is 438 g/mol. The largest absolute Gasteiger partial charge is 0.312 e. The smallest absolute Gasteiger partial charge is 0.307 e. The molecule has 0 bridgehead atoms. The summed E-state index contributed by atoms with van der Waals surface area (Å²) < 4.78 is 58.9. The molecule has 0 atom stereocenters. The van der Waals surface area contributed by atoms with Crippen LogP contribution in [0.5, 0.6) is 0 Å². The lowest BCUT2D eigenvalue weighted by molar-refractivity contribution is -0.385. The average Bonchev–Trinajstić information content (AvgIpc) is 2.62. The molecule has 15 nitrogen and oxygen atoms in total. The number of carbonyl (C=O) groups is 1. The summed E-state index contributed by atoms with van der Waals surface area (Å²) in [4.78, 5) is 33.3. The molecule has 0 amide bonds. The Morgan fingerprint density at radius 1 is 0.786 bits per heavy atom. The van der Waals surface area contributed by atoms with Gasteiger partial charge in [0.25, 0.3) is 11.4 Å². The van der Waals surface area contributed by atoms with Crippen molar-refractivity contribution in [1.29, 1.82) is 0 Å². The van der Waals surface area contributed by atoms with Crippen molar-refractivity contribution in [3.63, 3.8) is 0 Å².